The van der Waals surface area contributed by atoms with Crippen molar-refractivity contribution in [1.82, 2.24) is 20.1 Å². The van der Waals surface area contributed by atoms with Crippen LogP contribution in [0.4, 0.5) is 5.13 Å². The largest absolute Gasteiger partial charge is 0.348 e. The number of aromatic nitrogens is 3. The molecule has 0 unspecified atom stereocenters. The third-order valence-corrected chi connectivity index (χ3v) is 6.31. The van der Waals surface area contributed by atoms with Gasteiger partial charge in [-0.05, 0) is 38.5 Å². The molecule has 0 spiro atoms. The van der Waals surface area contributed by atoms with Crippen LogP contribution in [0.25, 0.3) is 16.0 Å². The Morgan fingerprint density at radius 3 is 2.53 bits per heavy atom. The maximum absolute atomic E-state index is 12.6. The van der Waals surface area contributed by atoms with Gasteiger partial charge in [-0.3, -0.25) is 4.79 Å². The molecule has 6 nitrogen and oxygen atoms in total. The van der Waals surface area contributed by atoms with E-state index < -0.39 is 0 Å². The number of nitrogens with zero attached hydrogens (tertiary/aromatic N) is 4. The summed E-state index contributed by atoms with van der Waals surface area (Å²) >= 11 is 1.56. The van der Waals surface area contributed by atoms with Crippen LogP contribution in [-0.2, 0) is 4.79 Å². The first-order chi connectivity index (χ1) is 14.4. The lowest BCUT2D eigenvalue weighted by Gasteiger charge is -2.18. The average molecular weight is 420 g/mol. The van der Waals surface area contributed by atoms with Crippen LogP contribution in [0.2, 0.25) is 0 Å². The number of nitrogens with one attached hydrogen (secondary N) is 1. The van der Waals surface area contributed by atoms with Crippen molar-refractivity contribution in [3.63, 3.8) is 0 Å². The number of carbonyl (C=O) groups excluding carboxylic acids is 1. The first-order valence-electron chi connectivity index (χ1n) is 9.91. The van der Waals surface area contributed by atoms with Crippen molar-refractivity contribution in [1.29, 1.82) is 0 Å². The number of hydrogen-bond donors (Lipinski definition) is 1. The van der Waals surface area contributed by atoms with Crippen molar-refractivity contribution >= 4 is 32.7 Å². The summed E-state index contributed by atoms with van der Waals surface area (Å²) in [5.41, 5.74) is 5.02. The minimum absolute atomic E-state index is 0.0370. The third kappa shape index (κ3) is 4.07. The molecule has 2 aromatic heterocycles. The van der Waals surface area contributed by atoms with E-state index in [-0.39, 0.29) is 18.5 Å². The van der Waals surface area contributed by atoms with Gasteiger partial charge in [-0.2, -0.15) is 10.1 Å². The lowest BCUT2D eigenvalue weighted by Crippen LogP contribution is -2.36. The number of benzene rings is 2. The van der Waals surface area contributed by atoms with Crippen molar-refractivity contribution in [2.45, 2.75) is 26.8 Å². The molecule has 0 radical (unpaired) electrons. The zero-order valence-electron chi connectivity index (χ0n) is 17.6. The van der Waals surface area contributed by atoms with E-state index >= 15 is 0 Å². The highest BCUT2D eigenvalue weighted by Crippen LogP contribution is 2.32. The lowest BCUT2D eigenvalue weighted by molar-refractivity contribution is -0.120. The minimum atomic E-state index is -0.0418. The van der Waals surface area contributed by atoms with Gasteiger partial charge in [0.15, 0.2) is 10.8 Å². The van der Waals surface area contributed by atoms with Crippen LogP contribution in [0.5, 0.6) is 0 Å². The number of aryl methyl sites for hydroxylation is 2. The maximum Gasteiger partial charge on any atom is 0.240 e. The summed E-state index contributed by atoms with van der Waals surface area (Å²) in [7, 11) is 1.89. The van der Waals surface area contributed by atoms with Crippen LogP contribution in [0.1, 0.15) is 29.8 Å². The van der Waals surface area contributed by atoms with Gasteiger partial charge < -0.3 is 10.2 Å². The van der Waals surface area contributed by atoms with Gasteiger partial charge in [-0.25, -0.2) is 4.68 Å². The number of amides is 1. The molecule has 1 atom stereocenters. The Bertz CT molecular complexity index is 1160. The van der Waals surface area contributed by atoms with Crippen molar-refractivity contribution in [2.75, 3.05) is 18.5 Å². The van der Waals surface area contributed by atoms with Crippen LogP contribution >= 0.6 is 11.3 Å². The molecule has 0 aliphatic carbocycles. The van der Waals surface area contributed by atoms with Crippen LogP contribution in [0.15, 0.2) is 54.6 Å². The monoisotopic (exact) mass is 419 g/mol. The average Bonchev–Trinajstić information content (AvgIpc) is 3.30. The number of fused-ring (bicyclic) bond motifs is 1. The summed E-state index contributed by atoms with van der Waals surface area (Å²) in [6.07, 6.45) is 0. The van der Waals surface area contributed by atoms with E-state index in [9.17, 15) is 4.79 Å². The second kappa shape index (κ2) is 8.28. The fraction of sp³-hybridized carbons (Fsp3) is 0.261. The molecular formula is C23H25N5OS. The topological polar surface area (TPSA) is 63.1 Å². The molecule has 0 saturated heterocycles. The van der Waals surface area contributed by atoms with Crippen LogP contribution in [0.3, 0.4) is 0 Å². The first kappa shape index (κ1) is 20.1. The van der Waals surface area contributed by atoms with E-state index in [4.69, 9.17) is 4.98 Å². The first-order valence-corrected chi connectivity index (χ1v) is 10.7. The molecular weight excluding hydrogens is 394 g/mol. The summed E-state index contributed by atoms with van der Waals surface area (Å²) in [6.45, 7) is 6.28. The van der Waals surface area contributed by atoms with Gasteiger partial charge in [-0.15, -0.1) is 0 Å². The summed E-state index contributed by atoms with van der Waals surface area (Å²) in [6, 6.07) is 18.1. The third-order valence-electron chi connectivity index (χ3n) is 5.04. The molecule has 0 saturated carbocycles. The van der Waals surface area contributed by atoms with Gasteiger partial charge in [0.1, 0.15) is 0 Å². The highest BCUT2D eigenvalue weighted by atomic mass is 32.1. The number of anilines is 1. The zero-order valence-corrected chi connectivity index (χ0v) is 18.4. The SMILES string of the molecule is Cc1ccc(-n2nc(C)c3sc(N(C)CC(=O)N[C@H](C)c4ccccc4)nc32)cc1. The van der Waals surface area contributed by atoms with Crippen molar-refractivity contribution in [2.24, 2.45) is 0 Å². The molecule has 1 N–H and O–H groups in total. The zero-order chi connectivity index (χ0) is 21.3. The van der Waals surface area contributed by atoms with Gasteiger partial charge in [-0.1, -0.05) is 59.4 Å². The second-order valence-electron chi connectivity index (χ2n) is 7.54. The molecule has 1 amide bonds. The van der Waals surface area contributed by atoms with E-state index in [1.807, 2.05) is 72.9 Å². The molecule has 0 fully saturated rings. The molecule has 0 aliphatic heterocycles. The molecule has 4 rings (SSSR count). The van der Waals surface area contributed by atoms with Gasteiger partial charge in [0.2, 0.25) is 5.91 Å². The van der Waals surface area contributed by atoms with E-state index in [1.54, 1.807) is 11.3 Å². The fourth-order valence-electron chi connectivity index (χ4n) is 3.35. The Morgan fingerprint density at radius 2 is 1.83 bits per heavy atom. The van der Waals surface area contributed by atoms with Crippen LogP contribution in [-0.4, -0.2) is 34.3 Å². The van der Waals surface area contributed by atoms with E-state index in [0.717, 1.165) is 32.4 Å². The molecule has 2 heterocycles. The second-order valence-corrected chi connectivity index (χ2v) is 8.52. The van der Waals surface area contributed by atoms with Gasteiger partial charge >= 0.3 is 0 Å². The molecule has 0 aliphatic rings. The Hall–Kier alpha value is -3.19. The number of rotatable bonds is 6. The predicted octanol–water partition coefficient (Wildman–Crippen LogP) is 4.41. The summed E-state index contributed by atoms with van der Waals surface area (Å²) < 4.78 is 2.91. The Kier molecular flexibility index (Phi) is 5.55. The fourth-order valence-corrected chi connectivity index (χ4v) is 4.29. The van der Waals surface area contributed by atoms with Gasteiger partial charge in [0.25, 0.3) is 0 Å². The highest BCUT2D eigenvalue weighted by Gasteiger charge is 2.19. The Labute approximate surface area is 180 Å². The summed E-state index contributed by atoms with van der Waals surface area (Å²) in [4.78, 5) is 19.2. The minimum Gasteiger partial charge on any atom is -0.348 e. The van der Waals surface area contributed by atoms with Gasteiger partial charge in [0, 0.05) is 7.05 Å². The van der Waals surface area contributed by atoms with E-state index in [2.05, 4.69) is 29.5 Å². The molecule has 4 aromatic rings. The van der Waals surface area contributed by atoms with Gasteiger partial charge in [0.05, 0.1) is 28.7 Å². The molecule has 2 aromatic carbocycles. The molecule has 7 heteroatoms. The standard InChI is InChI=1S/C23H25N5OS/c1-15-10-12-19(13-11-15)28-22-21(17(3)26-28)30-23(25-22)27(4)14-20(29)24-16(2)18-8-6-5-7-9-18/h5-13,16H,14H2,1-4H3,(H,24,29)/t16-/m1/s1. The van der Waals surface area contributed by atoms with Crippen molar-refractivity contribution in [3.05, 3.63) is 71.4 Å². The number of carbonyl (C=O) groups is 1. The highest BCUT2D eigenvalue weighted by molar-refractivity contribution is 7.22. The van der Waals surface area contributed by atoms with Crippen LogP contribution < -0.4 is 10.2 Å². The van der Waals surface area contributed by atoms with Crippen LogP contribution in [0, 0.1) is 13.8 Å². The van der Waals surface area contributed by atoms with E-state index in [1.165, 1.54) is 5.56 Å². The normalized spacial score (nSPS) is 12.1. The van der Waals surface area contributed by atoms with Crippen molar-refractivity contribution < 1.29 is 4.79 Å². The quantitative estimate of drug-likeness (QED) is 0.503. The number of likely N-dealkylation sites (N-methyl/N-ethyl adjacent to an activating group) is 1. The number of hydrogen-bond acceptors (Lipinski definition) is 5. The lowest BCUT2D eigenvalue weighted by atomic mass is 10.1. The Balaban J connectivity index is 1.51. The van der Waals surface area contributed by atoms with E-state index in [0.29, 0.717) is 0 Å². The maximum atomic E-state index is 12.6. The molecule has 154 valence electrons. The summed E-state index contributed by atoms with van der Waals surface area (Å²) in [5.74, 6) is -0.0370. The Morgan fingerprint density at radius 1 is 1.13 bits per heavy atom. The summed E-state index contributed by atoms with van der Waals surface area (Å²) in [5, 5.41) is 8.51. The molecule has 30 heavy (non-hydrogen) atoms. The smallest absolute Gasteiger partial charge is 0.240 e. The number of thiazole rings is 1. The molecule has 0 bridgehead atoms. The predicted molar refractivity (Wildman–Crippen MR) is 122 cm³/mol. The van der Waals surface area contributed by atoms with Crippen molar-refractivity contribution in [3.8, 4) is 5.69 Å².